The SMILES string of the molecule is O=C(OC1CCCCCCC1=O)c1ccccc1. The van der Waals surface area contributed by atoms with Crippen molar-refractivity contribution in [1.82, 2.24) is 0 Å². The minimum Gasteiger partial charge on any atom is -0.451 e. The van der Waals surface area contributed by atoms with Crippen LogP contribution in [0.25, 0.3) is 0 Å². The number of rotatable bonds is 2. The standard InChI is InChI=1S/C15H18O3/c16-13-10-6-1-2-7-11-14(13)18-15(17)12-8-4-3-5-9-12/h3-5,8-9,14H,1-2,6-7,10-11H2. The Morgan fingerprint density at radius 3 is 2.56 bits per heavy atom. The lowest BCUT2D eigenvalue weighted by molar-refractivity contribution is -0.128. The van der Waals surface area contributed by atoms with Crippen LogP contribution < -0.4 is 0 Å². The van der Waals surface area contributed by atoms with Crippen molar-refractivity contribution in [3.63, 3.8) is 0 Å². The summed E-state index contributed by atoms with van der Waals surface area (Å²) in [7, 11) is 0. The summed E-state index contributed by atoms with van der Waals surface area (Å²) < 4.78 is 5.34. The third kappa shape index (κ3) is 3.42. The van der Waals surface area contributed by atoms with E-state index in [2.05, 4.69) is 0 Å². The van der Waals surface area contributed by atoms with Crippen molar-refractivity contribution >= 4 is 11.8 Å². The van der Waals surface area contributed by atoms with Gasteiger partial charge in [0.25, 0.3) is 0 Å². The molecule has 0 amide bonds. The number of Topliss-reactive ketones (excluding diaryl/α,β-unsaturated/α-hetero) is 1. The molecular weight excluding hydrogens is 228 g/mol. The zero-order valence-corrected chi connectivity index (χ0v) is 10.4. The molecule has 0 N–H and O–H groups in total. The van der Waals surface area contributed by atoms with Crippen LogP contribution in [0.5, 0.6) is 0 Å². The molecule has 1 aliphatic rings. The van der Waals surface area contributed by atoms with Gasteiger partial charge in [0.15, 0.2) is 11.9 Å². The summed E-state index contributed by atoms with van der Waals surface area (Å²) in [6.07, 6.45) is 4.75. The second-order valence-electron chi connectivity index (χ2n) is 4.68. The lowest BCUT2D eigenvalue weighted by Gasteiger charge is -2.19. The highest BCUT2D eigenvalue weighted by Gasteiger charge is 2.23. The number of carbonyl (C=O) groups is 2. The fourth-order valence-electron chi connectivity index (χ4n) is 2.20. The minimum absolute atomic E-state index is 0.0685. The average Bonchev–Trinajstić information content (AvgIpc) is 2.39. The zero-order valence-electron chi connectivity index (χ0n) is 10.4. The Morgan fingerprint density at radius 2 is 1.78 bits per heavy atom. The number of benzene rings is 1. The van der Waals surface area contributed by atoms with Crippen molar-refractivity contribution < 1.29 is 14.3 Å². The van der Waals surface area contributed by atoms with E-state index >= 15 is 0 Å². The first-order valence-electron chi connectivity index (χ1n) is 6.56. The van der Waals surface area contributed by atoms with E-state index in [0.717, 1.165) is 25.7 Å². The average molecular weight is 246 g/mol. The normalized spacial score (nSPS) is 20.9. The Bertz CT molecular complexity index is 411. The smallest absolute Gasteiger partial charge is 0.338 e. The Balaban J connectivity index is 1.98. The van der Waals surface area contributed by atoms with Crippen molar-refractivity contribution in [3.8, 4) is 0 Å². The maximum absolute atomic E-state index is 11.9. The molecule has 1 atom stereocenters. The predicted molar refractivity (Wildman–Crippen MR) is 68.4 cm³/mol. The van der Waals surface area contributed by atoms with Gasteiger partial charge < -0.3 is 4.74 Å². The Kier molecular flexibility index (Phi) is 4.51. The van der Waals surface area contributed by atoms with Gasteiger partial charge in [-0.25, -0.2) is 4.79 Å². The van der Waals surface area contributed by atoms with E-state index in [1.165, 1.54) is 0 Å². The number of carbonyl (C=O) groups excluding carboxylic acids is 2. The van der Waals surface area contributed by atoms with E-state index in [0.29, 0.717) is 18.4 Å². The molecule has 3 nitrogen and oxygen atoms in total. The Morgan fingerprint density at radius 1 is 1.06 bits per heavy atom. The maximum atomic E-state index is 11.9. The van der Waals surface area contributed by atoms with Gasteiger partial charge in [0.2, 0.25) is 0 Å². The molecule has 0 saturated heterocycles. The van der Waals surface area contributed by atoms with Gasteiger partial charge in [0.1, 0.15) is 0 Å². The van der Waals surface area contributed by atoms with Gasteiger partial charge in [0, 0.05) is 6.42 Å². The van der Waals surface area contributed by atoms with Crippen LogP contribution in [0.15, 0.2) is 30.3 Å². The first-order chi connectivity index (χ1) is 8.77. The number of esters is 1. The number of hydrogen-bond donors (Lipinski definition) is 0. The molecule has 1 saturated carbocycles. The van der Waals surface area contributed by atoms with Crippen LogP contribution in [-0.4, -0.2) is 17.9 Å². The molecular formula is C15H18O3. The fourth-order valence-corrected chi connectivity index (χ4v) is 2.20. The lowest BCUT2D eigenvalue weighted by Crippen LogP contribution is -2.28. The molecule has 1 aromatic rings. The van der Waals surface area contributed by atoms with Crippen LogP contribution in [-0.2, 0) is 9.53 Å². The molecule has 0 aliphatic heterocycles. The van der Waals surface area contributed by atoms with Gasteiger partial charge in [-0.15, -0.1) is 0 Å². The second kappa shape index (κ2) is 6.34. The lowest BCUT2D eigenvalue weighted by atomic mass is 9.97. The van der Waals surface area contributed by atoms with Gasteiger partial charge in [-0.05, 0) is 31.4 Å². The molecule has 0 heterocycles. The summed E-state index contributed by atoms with van der Waals surface area (Å²) in [6, 6.07) is 8.83. The van der Waals surface area contributed by atoms with Gasteiger partial charge in [-0.3, -0.25) is 4.79 Å². The van der Waals surface area contributed by atoms with Gasteiger partial charge in [-0.1, -0.05) is 31.0 Å². The molecule has 0 spiro atoms. The van der Waals surface area contributed by atoms with E-state index in [4.69, 9.17) is 4.74 Å². The molecule has 0 aromatic heterocycles. The quantitative estimate of drug-likeness (QED) is 0.753. The van der Waals surface area contributed by atoms with Crippen LogP contribution in [0, 0.1) is 0 Å². The second-order valence-corrected chi connectivity index (χ2v) is 4.68. The zero-order chi connectivity index (χ0) is 12.8. The summed E-state index contributed by atoms with van der Waals surface area (Å²) in [6.45, 7) is 0. The van der Waals surface area contributed by atoms with E-state index in [9.17, 15) is 9.59 Å². The minimum atomic E-state index is -0.544. The molecule has 1 aliphatic carbocycles. The Labute approximate surface area is 107 Å². The van der Waals surface area contributed by atoms with Crippen molar-refractivity contribution in [2.75, 3.05) is 0 Å². The van der Waals surface area contributed by atoms with E-state index in [1.54, 1.807) is 24.3 Å². The summed E-state index contributed by atoms with van der Waals surface area (Å²) in [5.74, 6) is -0.325. The number of hydrogen-bond acceptors (Lipinski definition) is 3. The summed E-state index contributed by atoms with van der Waals surface area (Å²) in [5.41, 5.74) is 0.507. The topological polar surface area (TPSA) is 43.4 Å². The van der Waals surface area contributed by atoms with Crippen molar-refractivity contribution in [1.29, 1.82) is 0 Å². The summed E-state index contributed by atoms with van der Waals surface area (Å²) in [4.78, 5) is 23.7. The number of ketones is 1. The van der Waals surface area contributed by atoms with Crippen LogP contribution in [0.1, 0.15) is 48.9 Å². The molecule has 1 unspecified atom stereocenters. The fraction of sp³-hybridized carbons (Fsp3) is 0.467. The van der Waals surface area contributed by atoms with Gasteiger partial charge in [-0.2, -0.15) is 0 Å². The Hall–Kier alpha value is -1.64. The van der Waals surface area contributed by atoms with E-state index in [1.807, 2.05) is 6.07 Å². The molecule has 0 radical (unpaired) electrons. The van der Waals surface area contributed by atoms with Crippen LogP contribution in [0.4, 0.5) is 0 Å². The van der Waals surface area contributed by atoms with Crippen molar-refractivity contribution in [3.05, 3.63) is 35.9 Å². The van der Waals surface area contributed by atoms with Crippen LogP contribution in [0.3, 0.4) is 0 Å². The maximum Gasteiger partial charge on any atom is 0.338 e. The third-order valence-electron chi connectivity index (χ3n) is 3.26. The van der Waals surface area contributed by atoms with Gasteiger partial charge in [0.05, 0.1) is 5.56 Å². The van der Waals surface area contributed by atoms with Crippen LogP contribution >= 0.6 is 0 Å². The van der Waals surface area contributed by atoms with Crippen LogP contribution in [0.2, 0.25) is 0 Å². The first-order valence-corrected chi connectivity index (χ1v) is 6.56. The summed E-state index contributed by atoms with van der Waals surface area (Å²) >= 11 is 0. The highest BCUT2D eigenvalue weighted by atomic mass is 16.5. The molecule has 3 heteroatoms. The summed E-state index contributed by atoms with van der Waals surface area (Å²) in [5, 5.41) is 0. The largest absolute Gasteiger partial charge is 0.451 e. The highest BCUT2D eigenvalue weighted by Crippen LogP contribution is 2.18. The van der Waals surface area contributed by atoms with E-state index in [-0.39, 0.29) is 5.78 Å². The molecule has 2 rings (SSSR count). The monoisotopic (exact) mass is 246 g/mol. The molecule has 1 fully saturated rings. The van der Waals surface area contributed by atoms with E-state index < -0.39 is 12.1 Å². The van der Waals surface area contributed by atoms with Crippen molar-refractivity contribution in [2.24, 2.45) is 0 Å². The first kappa shape index (κ1) is 12.8. The molecule has 1 aromatic carbocycles. The molecule has 96 valence electrons. The van der Waals surface area contributed by atoms with Gasteiger partial charge >= 0.3 is 5.97 Å². The third-order valence-corrected chi connectivity index (χ3v) is 3.26. The predicted octanol–water partition coefficient (Wildman–Crippen LogP) is 3.14. The molecule has 0 bridgehead atoms. The molecule has 18 heavy (non-hydrogen) atoms. The highest BCUT2D eigenvalue weighted by molar-refractivity contribution is 5.92. The van der Waals surface area contributed by atoms with Crippen molar-refractivity contribution in [2.45, 2.75) is 44.6 Å². The number of ether oxygens (including phenoxy) is 1.